The van der Waals surface area contributed by atoms with Crippen molar-refractivity contribution in [1.29, 1.82) is 0 Å². The number of H-pyrrole nitrogens is 2. The Hall–Kier alpha value is -3.15. The average molecular weight is 362 g/mol. The van der Waals surface area contributed by atoms with E-state index in [1.54, 1.807) is 6.07 Å². The first kappa shape index (κ1) is 17.3. The summed E-state index contributed by atoms with van der Waals surface area (Å²) < 4.78 is 0. The summed E-state index contributed by atoms with van der Waals surface area (Å²) >= 11 is 0. The summed E-state index contributed by atoms with van der Waals surface area (Å²) in [6, 6.07) is 13.0. The number of amides is 1. The molecule has 2 N–H and O–H groups in total. The number of hydrogen-bond donors (Lipinski definition) is 2. The fourth-order valence-corrected chi connectivity index (χ4v) is 3.61. The van der Waals surface area contributed by atoms with Crippen LogP contribution in [0, 0.1) is 0 Å². The first-order valence-corrected chi connectivity index (χ1v) is 9.18. The number of aromatic nitrogens is 3. The lowest BCUT2D eigenvalue weighted by Crippen LogP contribution is -2.37. The molecule has 4 rings (SSSR count). The van der Waals surface area contributed by atoms with Gasteiger partial charge in [0.2, 0.25) is 5.56 Å². The summed E-state index contributed by atoms with van der Waals surface area (Å²) in [4.78, 5) is 29.5. The average Bonchev–Trinajstić information content (AvgIpc) is 3.11. The Kier molecular flexibility index (Phi) is 4.39. The van der Waals surface area contributed by atoms with Crippen molar-refractivity contribution in [2.75, 3.05) is 6.54 Å². The summed E-state index contributed by atoms with van der Waals surface area (Å²) in [5, 5.41) is 7.61. The molecule has 0 bridgehead atoms. The van der Waals surface area contributed by atoms with E-state index < -0.39 is 0 Å². The first-order chi connectivity index (χ1) is 13.0. The molecular formula is C21H22N4O2. The van der Waals surface area contributed by atoms with Gasteiger partial charge in [-0.05, 0) is 12.0 Å². The number of benzene rings is 1. The van der Waals surface area contributed by atoms with Gasteiger partial charge in [-0.15, -0.1) is 0 Å². The van der Waals surface area contributed by atoms with Crippen molar-refractivity contribution in [3.8, 4) is 11.3 Å². The quantitative estimate of drug-likeness (QED) is 0.751. The molecule has 0 saturated carbocycles. The van der Waals surface area contributed by atoms with Crippen molar-refractivity contribution < 1.29 is 4.79 Å². The Bertz CT molecular complexity index is 1030. The lowest BCUT2D eigenvalue weighted by Gasteiger charge is -2.28. The van der Waals surface area contributed by atoms with Gasteiger partial charge >= 0.3 is 0 Å². The van der Waals surface area contributed by atoms with Gasteiger partial charge in [0.25, 0.3) is 5.91 Å². The van der Waals surface area contributed by atoms with Crippen molar-refractivity contribution in [2.24, 2.45) is 0 Å². The highest BCUT2D eigenvalue weighted by molar-refractivity contribution is 5.95. The van der Waals surface area contributed by atoms with Gasteiger partial charge in [0.05, 0.1) is 11.3 Å². The lowest BCUT2D eigenvalue weighted by molar-refractivity contribution is 0.0732. The van der Waals surface area contributed by atoms with Crippen LogP contribution in [0.3, 0.4) is 0 Å². The Labute approximate surface area is 157 Å². The maximum Gasteiger partial charge on any atom is 0.255 e. The summed E-state index contributed by atoms with van der Waals surface area (Å²) in [6.07, 6.45) is 0.737. The van der Waals surface area contributed by atoms with E-state index >= 15 is 0 Å². The highest BCUT2D eigenvalue weighted by Gasteiger charge is 2.28. The molecule has 0 aliphatic carbocycles. The highest BCUT2D eigenvalue weighted by Crippen LogP contribution is 2.29. The fraction of sp³-hybridized carbons (Fsp3) is 0.286. The van der Waals surface area contributed by atoms with E-state index in [9.17, 15) is 9.59 Å². The summed E-state index contributed by atoms with van der Waals surface area (Å²) in [7, 11) is 0. The molecule has 1 aliphatic heterocycles. The van der Waals surface area contributed by atoms with Gasteiger partial charge in [-0.1, -0.05) is 44.2 Å². The normalized spacial score (nSPS) is 13.7. The zero-order valence-electron chi connectivity index (χ0n) is 15.5. The van der Waals surface area contributed by atoms with Crippen molar-refractivity contribution >= 4 is 5.91 Å². The van der Waals surface area contributed by atoms with Crippen molar-refractivity contribution in [1.82, 2.24) is 20.1 Å². The van der Waals surface area contributed by atoms with Crippen LogP contribution in [-0.2, 0) is 13.0 Å². The van der Waals surface area contributed by atoms with Gasteiger partial charge in [0, 0.05) is 48.1 Å². The SMILES string of the molecule is CC(C)c1[nH]c(=O)ccc1C(=O)N1CCc2[nH]nc(-c3ccccc3)c2C1. The van der Waals surface area contributed by atoms with Gasteiger partial charge in [0.15, 0.2) is 0 Å². The Morgan fingerprint density at radius 1 is 1.15 bits per heavy atom. The summed E-state index contributed by atoms with van der Waals surface area (Å²) in [6.45, 7) is 5.07. The molecule has 2 aromatic heterocycles. The summed E-state index contributed by atoms with van der Waals surface area (Å²) in [5.74, 6) is 0.00724. The molecule has 6 heteroatoms. The van der Waals surface area contributed by atoms with Crippen LogP contribution in [0.5, 0.6) is 0 Å². The van der Waals surface area contributed by atoms with Crippen molar-refractivity contribution in [2.45, 2.75) is 32.7 Å². The smallest absolute Gasteiger partial charge is 0.255 e. The van der Waals surface area contributed by atoms with Crippen LogP contribution in [0.4, 0.5) is 0 Å². The summed E-state index contributed by atoms with van der Waals surface area (Å²) in [5.41, 5.74) is 5.16. The number of carbonyl (C=O) groups is 1. The van der Waals surface area contributed by atoms with Crippen LogP contribution >= 0.6 is 0 Å². The lowest BCUT2D eigenvalue weighted by atomic mass is 9.98. The van der Waals surface area contributed by atoms with Crippen molar-refractivity contribution in [3.05, 3.63) is 75.3 Å². The van der Waals surface area contributed by atoms with Crippen LogP contribution in [0.2, 0.25) is 0 Å². The van der Waals surface area contributed by atoms with Crippen LogP contribution in [0.15, 0.2) is 47.3 Å². The van der Waals surface area contributed by atoms with E-state index in [1.165, 1.54) is 6.07 Å². The van der Waals surface area contributed by atoms with Crippen LogP contribution < -0.4 is 5.56 Å². The highest BCUT2D eigenvalue weighted by atomic mass is 16.2. The van der Waals surface area contributed by atoms with Gasteiger partial charge in [-0.25, -0.2) is 0 Å². The molecule has 3 heterocycles. The van der Waals surface area contributed by atoms with E-state index in [0.29, 0.717) is 24.3 Å². The molecule has 0 saturated heterocycles. The van der Waals surface area contributed by atoms with Gasteiger partial charge < -0.3 is 9.88 Å². The second-order valence-corrected chi connectivity index (χ2v) is 7.18. The minimum absolute atomic E-state index is 0.0548. The molecule has 0 spiro atoms. The van der Waals surface area contributed by atoms with Crippen LogP contribution in [0.25, 0.3) is 11.3 Å². The number of hydrogen-bond acceptors (Lipinski definition) is 3. The molecule has 1 aliphatic rings. The number of rotatable bonds is 3. The Balaban J connectivity index is 1.67. The zero-order chi connectivity index (χ0) is 19.0. The predicted molar refractivity (Wildman–Crippen MR) is 104 cm³/mol. The minimum atomic E-state index is -0.183. The van der Waals surface area contributed by atoms with E-state index in [1.807, 2.05) is 49.1 Å². The number of nitrogens with zero attached hydrogens (tertiary/aromatic N) is 2. The molecule has 138 valence electrons. The van der Waals surface area contributed by atoms with Crippen molar-refractivity contribution in [3.63, 3.8) is 0 Å². The zero-order valence-corrected chi connectivity index (χ0v) is 15.5. The number of nitrogens with one attached hydrogen (secondary N) is 2. The molecule has 0 atom stereocenters. The number of carbonyl (C=O) groups excluding carboxylic acids is 1. The second kappa shape index (κ2) is 6.87. The molecular weight excluding hydrogens is 340 g/mol. The maximum atomic E-state index is 13.2. The Morgan fingerprint density at radius 2 is 1.93 bits per heavy atom. The second-order valence-electron chi connectivity index (χ2n) is 7.18. The van der Waals surface area contributed by atoms with E-state index in [2.05, 4.69) is 15.2 Å². The van der Waals surface area contributed by atoms with Gasteiger partial charge in [-0.2, -0.15) is 5.10 Å². The molecule has 1 amide bonds. The molecule has 0 radical (unpaired) electrons. The minimum Gasteiger partial charge on any atom is -0.334 e. The topological polar surface area (TPSA) is 81.9 Å². The van der Waals surface area contributed by atoms with E-state index in [-0.39, 0.29) is 17.4 Å². The third-order valence-corrected chi connectivity index (χ3v) is 5.03. The molecule has 1 aromatic carbocycles. The van der Waals surface area contributed by atoms with Crippen LogP contribution in [0.1, 0.15) is 47.1 Å². The van der Waals surface area contributed by atoms with E-state index in [4.69, 9.17) is 0 Å². The van der Waals surface area contributed by atoms with Crippen LogP contribution in [-0.4, -0.2) is 32.5 Å². The largest absolute Gasteiger partial charge is 0.334 e. The molecule has 3 aromatic rings. The standard InChI is InChI=1S/C21H22N4O2/c1-13(2)19-15(8-9-18(26)22-19)21(27)25-11-10-17-16(12-25)20(24-23-17)14-6-4-3-5-7-14/h3-9,13H,10-12H2,1-2H3,(H,22,26)(H,23,24). The molecule has 0 fully saturated rings. The predicted octanol–water partition coefficient (Wildman–Crippen LogP) is 3.09. The number of pyridine rings is 1. The van der Waals surface area contributed by atoms with Gasteiger partial charge in [0.1, 0.15) is 0 Å². The fourth-order valence-electron chi connectivity index (χ4n) is 3.61. The third-order valence-electron chi connectivity index (χ3n) is 5.03. The molecule has 27 heavy (non-hydrogen) atoms. The Morgan fingerprint density at radius 3 is 2.67 bits per heavy atom. The number of fused-ring (bicyclic) bond motifs is 1. The monoisotopic (exact) mass is 362 g/mol. The molecule has 6 nitrogen and oxygen atoms in total. The maximum absolute atomic E-state index is 13.2. The van der Waals surface area contributed by atoms with E-state index in [0.717, 1.165) is 28.9 Å². The molecule has 0 unspecified atom stereocenters. The first-order valence-electron chi connectivity index (χ1n) is 9.18. The number of aromatic amines is 2. The van der Waals surface area contributed by atoms with Gasteiger partial charge in [-0.3, -0.25) is 14.7 Å². The third kappa shape index (κ3) is 3.18.